The van der Waals surface area contributed by atoms with Gasteiger partial charge in [-0.1, -0.05) is 17.7 Å². The van der Waals surface area contributed by atoms with E-state index in [1.165, 1.54) is 17.7 Å². The van der Waals surface area contributed by atoms with Crippen molar-refractivity contribution in [1.82, 2.24) is 10.2 Å². The number of anilines is 1. The Morgan fingerprint density at radius 3 is 2.71 bits per heavy atom. The summed E-state index contributed by atoms with van der Waals surface area (Å²) in [6.45, 7) is 4.84. The van der Waals surface area contributed by atoms with E-state index in [0.717, 1.165) is 25.2 Å². The molecule has 2 aliphatic heterocycles. The number of halogens is 1. The SMILES string of the molecule is Cc1ccc(OCC(=O)c2ccc3c(c2)N(CC(=O)NCCN2CCCC2)C(=O)CO3)c(Cl)c1. The Morgan fingerprint density at radius 1 is 1.15 bits per heavy atom. The number of ether oxygens (including phenoxy) is 2. The topological polar surface area (TPSA) is 88.2 Å². The second kappa shape index (κ2) is 10.9. The predicted octanol–water partition coefficient (Wildman–Crippen LogP) is 2.85. The molecule has 0 radical (unpaired) electrons. The van der Waals surface area contributed by atoms with E-state index in [1.54, 1.807) is 30.3 Å². The number of ketones is 1. The van der Waals surface area contributed by atoms with Crippen LogP contribution in [0.3, 0.4) is 0 Å². The van der Waals surface area contributed by atoms with Crippen LogP contribution in [0.2, 0.25) is 5.02 Å². The molecule has 1 N–H and O–H groups in total. The quantitative estimate of drug-likeness (QED) is 0.549. The first-order valence-electron chi connectivity index (χ1n) is 11.4. The van der Waals surface area contributed by atoms with Gasteiger partial charge in [-0.25, -0.2) is 0 Å². The van der Waals surface area contributed by atoms with Crippen LogP contribution in [0.4, 0.5) is 5.69 Å². The monoisotopic (exact) mass is 485 g/mol. The van der Waals surface area contributed by atoms with Crippen LogP contribution in [-0.4, -0.2) is 68.4 Å². The lowest BCUT2D eigenvalue weighted by Crippen LogP contribution is -2.46. The zero-order valence-corrected chi connectivity index (χ0v) is 19.9. The third kappa shape index (κ3) is 5.87. The molecule has 8 nitrogen and oxygen atoms in total. The summed E-state index contributed by atoms with van der Waals surface area (Å²) in [5.74, 6) is -0.00994. The number of carbonyl (C=O) groups is 3. The van der Waals surface area contributed by atoms with Crippen molar-refractivity contribution in [3.63, 3.8) is 0 Å². The Bertz CT molecular complexity index is 1080. The van der Waals surface area contributed by atoms with Crippen molar-refractivity contribution in [1.29, 1.82) is 0 Å². The number of carbonyl (C=O) groups excluding carboxylic acids is 3. The third-order valence-corrected chi connectivity index (χ3v) is 6.22. The van der Waals surface area contributed by atoms with Gasteiger partial charge in [-0.05, 0) is 68.8 Å². The van der Waals surface area contributed by atoms with Crippen LogP contribution in [-0.2, 0) is 9.59 Å². The average molecular weight is 486 g/mol. The second-order valence-electron chi connectivity index (χ2n) is 8.50. The fourth-order valence-electron chi connectivity index (χ4n) is 4.06. The first-order valence-corrected chi connectivity index (χ1v) is 11.8. The summed E-state index contributed by atoms with van der Waals surface area (Å²) in [6.07, 6.45) is 2.38. The molecule has 0 atom stereocenters. The molecule has 0 aromatic heterocycles. The highest BCUT2D eigenvalue weighted by atomic mass is 35.5. The van der Waals surface area contributed by atoms with Gasteiger partial charge in [-0.15, -0.1) is 0 Å². The van der Waals surface area contributed by atoms with Crippen molar-refractivity contribution in [3.8, 4) is 11.5 Å². The highest BCUT2D eigenvalue weighted by Crippen LogP contribution is 2.33. The van der Waals surface area contributed by atoms with Gasteiger partial charge in [0, 0.05) is 18.7 Å². The highest BCUT2D eigenvalue weighted by molar-refractivity contribution is 6.32. The molecule has 2 heterocycles. The molecule has 180 valence electrons. The van der Waals surface area contributed by atoms with E-state index in [9.17, 15) is 14.4 Å². The van der Waals surface area contributed by atoms with Gasteiger partial charge in [-0.2, -0.15) is 0 Å². The van der Waals surface area contributed by atoms with Crippen LogP contribution < -0.4 is 19.7 Å². The van der Waals surface area contributed by atoms with Crippen molar-refractivity contribution in [2.75, 3.05) is 50.8 Å². The van der Waals surface area contributed by atoms with Gasteiger partial charge in [-0.3, -0.25) is 19.3 Å². The van der Waals surface area contributed by atoms with Crippen LogP contribution in [0.15, 0.2) is 36.4 Å². The van der Waals surface area contributed by atoms with Crippen molar-refractivity contribution in [2.24, 2.45) is 0 Å². The average Bonchev–Trinajstić information content (AvgIpc) is 3.33. The maximum Gasteiger partial charge on any atom is 0.265 e. The number of nitrogens with one attached hydrogen (secondary N) is 1. The van der Waals surface area contributed by atoms with Crippen LogP contribution in [0.25, 0.3) is 0 Å². The van der Waals surface area contributed by atoms with Crippen LogP contribution >= 0.6 is 11.6 Å². The normalized spacial score (nSPS) is 15.6. The lowest BCUT2D eigenvalue weighted by atomic mass is 10.1. The molecular weight excluding hydrogens is 458 g/mol. The van der Waals surface area contributed by atoms with Gasteiger partial charge in [0.15, 0.2) is 19.0 Å². The van der Waals surface area contributed by atoms with Crippen molar-refractivity contribution in [2.45, 2.75) is 19.8 Å². The number of Topliss-reactive ketones (excluding diaryl/α,β-unsaturated/α-hetero) is 1. The fraction of sp³-hybridized carbons (Fsp3) is 0.400. The number of hydrogen-bond acceptors (Lipinski definition) is 6. The summed E-state index contributed by atoms with van der Waals surface area (Å²) in [5.41, 5.74) is 1.73. The molecule has 2 aliphatic rings. The lowest BCUT2D eigenvalue weighted by Gasteiger charge is -2.29. The summed E-state index contributed by atoms with van der Waals surface area (Å²) in [5, 5.41) is 3.31. The van der Waals surface area contributed by atoms with Crippen molar-refractivity contribution >= 4 is 34.9 Å². The number of rotatable bonds is 9. The standard InChI is InChI=1S/C25H28ClN3O5/c1-17-4-6-22(19(26)12-17)33-15-21(30)18-5-7-23-20(13-18)29(25(32)16-34-23)14-24(31)27-8-11-28-9-2-3-10-28/h4-7,12-13H,2-3,8-11,14-16H2,1H3,(H,27,31). The number of aryl methyl sites for hydroxylation is 1. The molecule has 4 rings (SSSR count). The van der Waals surface area contributed by atoms with Gasteiger partial charge in [0.25, 0.3) is 5.91 Å². The van der Waals surface area contributed by atoms with E-state index in [-0.39, 0.29) is 37.4 Å². The summed E-state index contributed by atoms with van der Waals surface area (Å²) in [4.78, 5) is 41.5. The molecule has 0 bridgehead atoms. The maximum atomic E-state index is 12.8. The Balaban J connectivity index is 1.39. The van der Waals surface area contributed by atoms with Crippen LogP contribution in [0.1, 0.15) is 28.8 Å². The minimum atomic E-state index is -0.338. The second-order valence-corrected chi connectivity index (χ2v) is 8.90. The minimum absolute atomic E-state index is 0.137. The van der Waals surface area contributed by atoms with Gasteiger partial charge in [0.1, 0.15) is 18.0 Å². The zero-order chi connectivity index (χ0) is 24.1. The number of hydrogen-bond donors (Lipinski definition) is 1. The lowest BCUT2D eigenvalue weighted by molar-refractivity contribution is -0.125. The van der Waals surface area contributed by atoms with E-state index in [2.05, 4.69) is 10.2 Å². The molecule has 1 fully saturated rings. The van der Waals surface area contributed by atoms with E-state index in [4.69, 9.17) is 21.1 Å². The summed E-state index contributed by atoms with van der Waals surface area (Å²) < 4.78 is 11.1. The Morgan fingerprint density at radius 2 is 1.94 bits per heavy atom. The van der Waals surface area contributed by atoms with E-state index < -0.39 is 0 Å². The Labute approximate surface area is 203 Å². The molecule has 34 heavy (non-hydrogen) atoms. The van der Waals surface area contributed by atoms with E-state index in [1.807, 2.05) is 13.0 Å². The molecule has 0 aliphatic carbocycles. The Hall–Kier alpha value is -3.10. The number of amides is 2. The van der Waals surface area contributed by atoms with Crippen LogP contribution in [0, 0.1) is 6.92 Å². The molecule has 2 aromatic carbocycles. The molecule has 0 saturated carbocycles. The number of likely N-dealkylation sites (tertiary alicyclic amines) is 1. The van der Waals surface area contributed by atoms with Crippen LogP contribution in [0.5, 0.6) is 11.5 Å². The van der Waals surface area contributed by atoms with Crippen molar-refractivity contribution < 1.29 is 23.9 Å². The molecule has 9 heteroatoms. The molecule has 1 saturated heterocycles. The first-order chi connectivity index (χ1) is 16.4. The molecule has 0 spiro atoms. The number of nitrogens with zero attached hydrogens (tertiary/aromatic N) is 2. The van der Waals surface area contributed by atoms with E-state index >= 15 is 0 Å². The Kier molecular flexibility index (Phi) is 7.70. The van der Waals surface area contributed by atoms with Gasteiger partial charge >= 0.3 is 0 Å². The first kappa shape index (κ1) is 24.0. The number of benzene rings is 2. The number of fused-ring (bicyclic) bond motifs is 1. The van der Waals surface area contributed by atoms with Gasteiger partial charge in [0.2, 0.25) is 5.91 Å². The molecule has 2 aromatic rings. The minimum Gasteiger partial charge on any atom is -0.484 e. The maximum absolute atomic E-state index is 12.8. The summed E-state index contributed by atoms with van der Waals surface area (Å²) in [7, 11) is 0. The summed E-state index contributed by atoms with van der Waals surface area (Å²) >= 11 is 6.17. The molecule has 2 amide bonds. The fourth-order valence-corrected chi connectivity index (χ4v) is 4.35. The van der Waals surface area contributed by atoms with E-state index in [0.29, 0.717) is 34.3 Å². The smallest absolute Gasteiger partial charge is 0.265 e. The third-order valence-electron chi connectivity index (χ3n) is 5.92. The highest BCUT2D eigenvalue weighted by Gasteiger charge is 2.28. The molecular formula is C25H28ClN3O5. The zero-order valence-electron chi connectivity index (χ0n) is 19.1. The van der Waals surface area contributed by atoms with Gasteiger partial charge in [0.05, 0.1) is 10.7 Å². The largest absolute Gasteiger partial charge is 0.484 e. The van der Waals surface area contributed by atoms with Gasteiger partial charge < -0.3 is 19.7 Å². The predicted molar refractivity (Wildman–Crippen MR) is 129 cm³/mol. The summed E-state index contributed by atoms with van der Waals surface area (Å²) in [6, 6.07) is 10.1. The van der Waals surface area contributed by atoms with Crippen molar-refractivity contribution in [3.05, 3.63) is 52.5 Å². The molecule has 0 unspecified atom stereocenters.